The number of hydrogen-bond donors (Lipinski definition) is 0. The molecule has 0 N–H and O–H groups in total. The fourth-order valence-electron chi connectivity index (χ4n) is 2.44. The monoisotopic (exact) mass is 221 g/mol. The number of rotatable bonds is 3. The molecule has 0 saturated carbocycles. The summed E-state index contributed by atoms with van der Waals surface area (Å²) in [5, 5.41) is 0. The Balaban J connectivity index is 2.13. The Morgan fingerprint density at radius 2 is 2.38 bits per heavy atom. The van der Waals surface area contributed by atoms with Crippen molar-refractivity contribution in [2.75, 3.05) is 13.2 Å². The third-order valence-corrected chi connectivity index (χ3v) is 3.44. The van der Waals surface area contributed by atoms with E-state index in [1.165, 1.54) is 12.1 Å². The van der Waals surface area contributed by atoms with Crippen LogP contribution >= 0.6 is 0 Å². The molecular formula is C13H19NO2. The molecule has 0 spiro atoms. The highest BCUT2D eigenvalue weighted by atomic mass is 16.5. The molecule has 3 heteroatoms. The number of aromatic nitrogens is 1. The SMILES string of the molecule is Cc1cc(C=O)c(C)n1CC1CCCOC1. The van der Waals surface area contributed by atoms with Gasteiger partial charge in [-0.3, -0.25) is 4.79 Å². The Kier molecular flexibility index (Phi) is 3.44. The normalized spacial score (nSPS) is 21.0. The molecule has 1 unspecified atom stereocenters. The van der Waals surface area contributed by atoms with Crippen molar-refractivity contribution in [3.05, 3.63) is 23.0 Å². The summed E-state index contributed by atoms with van der Waals surface area (Å²) < 4.78 is 7.72. The molecule has 3 nitrogen and oxygen atoms in total. The van der Waals surface area contributed by atoms with Crippen molar-refractivity contribution in [3.8, 4) is 0 Å². The van der Waals surface area contributed by atoms with E-state index in [-0.39, 0.29) is 0 Å². The van der Waals surface area contributed by atoms with Gasteiger partial charge in [-0.2, -0.15) is 0 Å². The first-order valence-corrected chi connectivity index (χ1v) is 5.92. The Hall–Kier alpha value is -1.09. The van der Waals surface area contributed by atoms with Gasteiger partial charge in [-0.1, -0.05) is 0 Å². The van der Waals surface area contributed by atoms with Crippen molar-refractivity contribution < 1.29 is 9.53 Å². The summed E-state index contributed by atoms with van der Waals surface area (Å²) in [5.74, 6) is 0.595. The molecule has 1 saturated heterocycles. The summed E-state index contributed by atoms with van der Waals surface area (Å²) in [7, 11) is 0. The Morgan fingerprint density at radius 3 is 2.94 bits per heavy atom. The summed E-state index contributed by atoms with van der Waals surface area (Å²) in [6.45, 7) is 6.81. The quantitative estimate of drug-likeness (QED) is 0.734. The smallest absolute Gasteiger partial charge is 0.151 e. The molecule has 0 amide bonds. The van der Waals surface area contributed by atoms with Crippen molar-refractivity contribution in [2.45, 2.75) is 33.2 Å². The minimum atomic E-state index is 0.595. The van der Waals surface area contributed by atoms with Gasteiger partial charge in [-0.05, 0) is 32.8 Å². The average molecular weight is 221 g/mol. The van der Waals surface area contributed by atoms with E-state index in [0.29, 0.717) is 5.92 Å². The molecule has 1 aromatic rings. The zero-order chi connectivity index (χ0) is 11.5. The fraction of sp³-hybridized carbons (Fsp3) is 0.615. The zero-order valence-electron chi connectivity index (χ0n) is 10.0. The van der Waals surface area contributed by atoms with Crippen LogP contribution in [0.15, 0.2) is 6.07 Å². The van der Waals surface area contributed by atoms with Crippen molar-refractivity contribution in [3.63, 3.8) is 0 Å². The van der Waals surface area contributed by atoms with Gasteiger partial charge >= 0.3 is 0 Å². The average Bonchev–Trinajstić information content (AvgIpc) is 2.58. The number of nitrogens with zero attached hydrogens (tertiary/aromatic N) is 1. The Morgan fingerprint density at radius 1 is 1.56 bits per heavy atom. The van der Waals surface area contributed by atoms with Gasteiger partial charge in [0.2, 0.25) is 0 Å². The van der Waals surface area contributed by atoms with Crippen LogP contribution in [0.4, 0.5) is 0 Å². The molecule has 0 aliphatic carbocycles. The van der Waals surface area contributed by atoms with E-state index in [9.17, 15) is 4.79 Å². The number of carbonyl (C=O) groups is 1. The summed E-state index contributed by atoms with van der Waals surface area (Å²) in [6, 6.07) is 1.96. The molecule has 1 aliphatic heterocycles. The minimum Gasteiger partial charge on any atom is -0.381 e. The first-order chi connectivity index (χ1) is 7.72. The molecule has 2 rings (SSSR count). The highest BCUT2D eigenvalue weighted by Gasteiger charge is 2.17. The van der Waals surface area contributed by atoms with E-state index in [2.05, 4.69) is 11.5 Å². The lowest BCUT2D eigenvalue weighted by Gasteiger charge is -2.24. The standard InChI is InChI=1S/C13H19NO2/c1-10-6-13(8-15)11(2)14(10)7-12-4-3-5-16-9-12/h6,8,12H,3-5,7,9H2,1-2H3. The minimum absolute atomic E-state index is 0.595. The molecular weight excluding hydrogens is 202 g/mol. The number of carbonyl (C=O) groups excluding carboxylic acids is 1. The van der Waals surface area contributed by atoms with Crippen LogP contribution < -0.4 is 0 Å². The molecule has 1 fully saturated rings. The van der Waals surface area contributed by atoms with Crippen molar-refractivity contribution >= 4 is 6.29 Å². The number of aldehydes is 1. The van der Waals surface area contributed by atoms with Crippen LogP contribution in [0.2, 0.25) is 0 Å². The van der Waals surface area contributed by atoms with Crippen molar-refractivity contribution in [2.24, 2.45) is 5.92 Å². The number of aryl methyl sites for hydroxylation is 1. The van der Waals surface area contributed by atoms with E-state index >= 15 is 0 Å². The Bertz CT molecular complexity index is 376. The predicted octanol–water partition coefficient (Wildman–Crippen LogP) is 2.34. The molecule has 2 heterocycles. The van der Waals surface area contributed by atoms with Crippen LogP contribution in [0.25, 0.3) is 0 Å². The fourth-order valence-corrected chi connectivity index (χ4v) is 2.44. The van der Waals surface area contributed by atoms with Crippen LogP contribution in [0, 0.1) is 19.8 Å². The van der Waals surface area contributed by atoms with Crippen LogP contribution in [-0.4, -0.2) is 24.1 Å². The van der Waals surface area contributed by atoms with Gasteiger partial charge in [0.25, 0.3) is 0 Å². The highest BCUT2D eigenvalue weighted by molar-refractivity contribution is 5.77. The van der Waals surface area contributed by atoms with Crippen molar-refractivity contribution in [1.29, 1.82) is 0 Å². The van der Waals surface area contributed by atoms with Gasteiger partial charge < -0.3 is 9.30 Å². The third kappa shape index (κ3) is 2.19. The van der Waals surface area contributed by atoms with E-state index in [4.69, 9.17) is 4.74 Å². The lowest BCUT2D eigenvalue weighted by Crippen LogP contribution is -2.23. The molecule has 0 radical (unpaired) electrons. The topological polar surface area (TPSA) is 31.2 Å². The van der Waals surface area contributed by atoms with Gasteiger partial charge in [0.15, 0.2) is 6.29 Å². The first kappa shape index (κ1) is 11.4. The molecule has 1 atom stereocenters. The third-order valence-electron chi connectivity index (χ3n) is 3.44. The largest absolute Gasteiger partial charge is 0.381 e. The van der Waals surface area contributed by atoms with Crippen LogP contribution in [0.5, 0.6) is 0 Å². The second-order valence-corrected chi connectivity index (χ2v) is 4.64. The summed E-state index contributed by atoms with van der Waals surface area (Å²) >= 11 is 0. The van der Waals surface area contributed by atoms with E-state index in [1.807, 2.05) is 13.0 Å². The molecule has 0 bridgehead atoms. The molecule has 88 valence electrons. The summed E-state index contributed by atoms with van der Waals surface area (Å²) in [6.07, 6.45) is 3.33. The maximum Gasteiger partial charge on any atom is 0.151 e. The van der Waals surface area contributed by atoms with Crippen LogP contribution in [0.1, 0.15) is 34.6 Å². The van der Waals surface area contributed by atoms with Gasteiger partial charge in [0.05, 0.1) is 6.61 Å². The van der Waals surface area contributed by atoms with E-state index < -0.39 is 0 Å². The lowest BCUT2D eigenvalue weighted by molar-refractivity contribution is 0.0480. The summed E-state index contributed by atoms with van der Waals surface area (Å²) in [5.41, 5.74) is 3.07. The van der Waals surface area contributed by atoms with Crippen LogP contribution in [0.3, 0.4) is 0 Å². The van der Waals surface area contributed by atoms with E-state index in [0.717, 1.165) is 43.7 Å². The predicted molar refractivity (Wildman–Crippen MR) is 62.8 cm³/mol. The highest BCUT2D eigenvalue weighted by Crippen LogP contribution is 2.20. The molecule has 0 aromatic carbocycles. The lowest BCUT2D eigenvalue weighted by atomic mass is 10.0. The molecule has 1 aliphatic rings. The summed E-state index contributed by atoms with van der Waals surface area (Å²) in [4.78, 5) is 10.8. The second-order valence-electron chi connectivity index (χ2n) is 4.64. The van der Waals surface area contributed by atoms with Gasteiger partial charge in [0, 0.05) is 36.0 Å². The molecule has 16 heavy (non-hydrogen) atoms. The van der Waals surface area contributed by atoms with Crippen molar-refractivity contribution in [1.82, 2.24) is 4.57 Å². The number of ether oxygens (including phenoxy) is 1. The van der Waals surface area contributed by atoms with Crippen LogP contribution in [-0.2, 0) is 11.3 Å². The second kappa shape index (κ2) is 4.83. The van der Waals surface area contributed by atoms with Gasteiger partial charge in [-0.15, -0.1) is 0 Å². The zero-order valence-corrected chi connectivity index (χ0v) is 10.0. The number of hydrogen-bond acceptors (Lipinski definition) is 2. The maximum absolute atomic E-state index is 10.8. The van der Waals surface area contributed by atoms with E-state index in [1.54, 1.807) is 0 Å². The van der Waals surface area contributed by atoms with Gasteiger partial charge in [0.1, 0.15) is 0 Å². The Labute approximate surface area is 96.4 Å². The molecule has 1 aromatic heterocycles. The van der Waals surface area contributed by atoms with Gasteiger partial charge in [-0.25, -0.2) is 0 Å². The first-order valence-electron chi connectivity index (χ1n) is 5.92. The maximum atomic E-state index is 10.8.